The van der Waals surface area contributed by atoms with Crippen LogP contribution in [-0.4, -0.2) is 11.1 Å². The summed E-state index contributed by atoms with van der Waals surface area (Å²) in [5.41, 5.74) is 0. The third-order valence-corrected chi connectivity index (χ3v) is 2.16. The molecule has 1 atom stereocenters. The van der Waals surface area contributed by atoms with Gasteiger partial charge in [-0.3, -0.25) is 4.79 Å². The lowest BCUT2D eigenvalue weighted by Gasteiger charge is -2.08. The molecule has 0 saturated heterocycles. The molecule has 2 nitrogen and oxygen atoms in total. The van der Waals surface area contributed by atoms with Gasteiger partial charge in [-0.05, 0) is 19.8 Å². The molecule has 2 heteroatoms. The molecule has 76 valence electrons. The number of rotatable bonds is 7. The first kappa shape index (κ1) is 12.2. The first-order valence-electron chi connectivity index (χ1n) is 5.06. The summed E-state index contributed by atoms with van der Waals surface area (Å²) in [5, 5.41) is 8.87. The molecule has 0 heterocycles. The molecule has 0 saturated carbocycles. The number of hydrogen-bond acceptors (Lipinski definition) is 1. The molecule has 0 bridgehead atoms. The minimum Gasteiger partial charge on any atom is -0.481 e. The number of carboxylic acid groups (broad SMARTS) is 1. The number of allylic oxidation sites excluding steroid dienone is 2. The molecule has 0 aromatic rings. The highest BCUT2D eigenvalue weighted by Crippen LogP contribution is 2.14. The van der Waals surface area contributed by atoms with E-state index in [2.05, 4.69) is 6.92 Å². The molecule has 0 spiro atoms. The number of hydrogen-bond donors (Lipinski definition) is 1. The second kappa shape index (κ2) is 7.84. The first-order chi connectivity index (χ1) is 6.22. The van der Waals surface area contributed by atoms with E-state index in [1.54, 1.807) is 0 Å². The fourth-order valence-electron chi connectivity index (χ4n) is 1.28. The standard InChI is InChI=1S/C11H20O2/c1-3-5-7-9-10(11(12)13)8-6-4-2/h4,6,10H,3,5,7-9H2,1-2H3,(H,12,13)/b6-4-. The van der Waals surface area contributed by atoms with Crippen molar-refractivity contribution in [1.82, 2.24) is 0 Å². The molecule has 0 aromatic heterocycles. The molecule has 0 rings (SSSR count). The average molecular weight is 184 g/mol. The van der Waals surface area contributed by atoms with Crippen LogP contribution in [0.25, 0.3) is 0 Å². The molecule has 0 radical (unpaired) electrons. The van der Waals surface area contributed by atoms with Crippen molar-refractivity contribution in [2.24, 2.45) is 5.92 Å². The zero-order valence-electron chi connectivity index (χ0n) is 8.62. The second-order valence-corrected chi connectivity index (χ2v) is 3.34. The summed E-state index contributed by atoms with van der Waals surface area (Å²) in [5.74, 6) is -0.836. The van der Waals surface area contributed by atoms with Gasteiger partial charge in [-0.25, -0.2) is 0 Å². The highest BCUT2D eigenvalue weighted by molar-refractivity contribution is 5.70. The maximum atomic E-state index is 10.8. The van der Waals surface area contributed by atoms with Crippen LogP contribution in [0.1, 0.15) is 46.0 Å². The van der Waals surface area contributed by atoms with Gasteiger partial charge in [-0.1, -0.05) is 38.3 Å². The van der Waals surface area contributed by atoms with Gasteiger partial charge in [0.05, 0.1) is 5.92 Å². The van der Waals surface area contributed by atoms with Crippen LogP contribution < -0.4 is 0 Å². The van der Waals surface area contributed by atoms with Crippen LogP contribution >= 0.6 is 0 Å². The van der Waals surface area contributed by atoms with E-state index in [9.17, 15) is 4.79 Å². The number of carbonyl (C=O) groups is 1. The van der Waals surface area contributed by atoms with E-state index in [4.69, 9.17) is 5.11 Å². The van der Waals surface area contributed by atoms with Gasteiger partial charge in [-0.15, -0.1) is 0 Å². The summed E-state index contributed by atoms with van der Waals surface area (Å²) in [4.78, 5) is 10.8. The summed E-state index contributed by atoms with van der Waals surface area (Å²) in [6.45, 7) is 4.05. The maximum absolute atomic E-state index is 10.8. The molecule has 0 aliphatic carbocycles. The van der Waals surface area contributed by atoms with Gasteiger partial charge in [0, 0.05) is 0 Å². The van der Waals surface area contributed by atoms with Crippen LogP contribution in [0.2, 0.25) is 0 Å². The molecular formula is C11H20O2. The summed E-state index contributed by atoms with van der Waals surface area (Å²) >= 11 is 0. The van der Waals surface area contributed by atoms with Crippen molar-refractivity contribution in [3.63, 3.8) is 0 Å². The second-order valence-electron chi connectivity index (χ2n) is 3.34. The Kier molecular flexibility index (Phi) is 7.36. The van der Waals surface area contributed by atoms with Gasteiger partial charge in [0.2, 0.25) is 0 Å². The van der Waals surface area contributed by atoms with Gasteiger partial charge in [0.1, 0.15) is 0 Å². The van der Waals surface area contributed by atoms with Crippen molar-refractivity contribution < 1.29 is 9.90 Å². The van der Waals surface area contributed by atoms with Crippen LogP contribution in [0.4, 0.5) is 0 Å². The zero-order chi connectivity index (χ0) is 10.1. The Bertz CT molecular complexity index is 161. The van der Waals surface area contributed by atoms with Crippen LogP contribution in [0.3, 0.4) is 0 Å². The molecular weight excluding hydrogens is 164 g/mol. The van der Waals surface area contributed by atoms with E-state index in [0.29, 0.717) is 6.42 Å². The Hall–Kier alpha value is -0.790. The summed E-state index contributed by atoms with van der Waals surface area (Å²) in [6, 6.07) is 0. The van der Waals surface area contributed by atoms with Crippen LogP contribution in [0, 0.1) is 5.92 Å². The highest BCUT2D eigenvalue weighted by Gasteiger charge is 2.14. The SMILES string of the molecule is C/C=C\CC(CCCCC)C(=O)O. The van der Waals surface area contributed by atoms with E-state index >= 15 is 0 Å². The Morgan fingerprint density at radius 1 is 1.46 bits per heavy atom. The van der Waals surface area contributed by atoms with Gasteiger partial charge in [-0.2, -0.15) is 0 Å². The number of aliphatic carboxylic acids is 1. The Morgan fingerprint density at radius 3 is 2.62 bits per heavy atom. The Balaban J connectivity index is 3.74. The molecule has 0 fully saturated rings. The Labute approximate surface area is 80.7 Å². The van der Waals surface area contributed by atoms with Crippen molar-refractivity contribution in [3.05, 3.63) is 12.2 Å². The van der Waals surface area contributed by atoms with E-state index in [1.165, 1.54) is 0 Å². The van der Waals surface area contributed by atoms with Crippen molar-refractivity contribution in [3.8, 4) is 0 Å². The lowest BCUT2D eigenvalue weighted by atomic mass is 9.98. The molecule has 1 N–H and O–H groups in total. The normalized spacial score (nSPS) is 13.4. The first-order valence-corrected chi connectivity index (χ1v) is 5.06. The molecule has 0 aliphatic rings. The third kappa shape index (κ3) is 6.38. The maximum Gasteiger partial charge on any atom is 0.306 e. The highest BCUT2D eigenvalue weighted by atomic mass is 16.4. The monoisotopic (exact) mass is 184 g/mol. The van der Waals surface area contributed by atoms with Crippen LogP contribution in [-0.2, 0) is 4.79 Å². The topological polar surface area (TPSA) is 37.3 Å². The van der Waals surface area contributed by atoms with Crippen LogP contribution in [0.5, 0.6) is 0 Å². The summed E-state index contributed by atoms with van der Waals surface area (Å²) < 4.78 is 0. The van der Waals surface area contributed by atoms with E-state index in [1.807, 2.05) is 19.1 Å². The van der Waals surface area contributed by atoms with Crippen molar-refractivity contribution in [2.75, 3.05) is 0 Å². The molecule has 1 unspecified atom stereocenters. The lowest BCUT2D eigenvalue weighted by Crippen LogP contribution is -2.12. The van der Waals surface area contributed by atoms with Crippen molar-refractivity contribution in [1.29, 1.82) is 0 Å². The minimum atomic E-state index is -0.658. The smallest absolute Gasteiger partial charge is 0.306 e. The number of unbranched alkanes of at least 4 members (excludes halogenated alkanes) is 2. The van der Waals surface area contributed by atoms with Crippen LogP contribution in [0.15, 0.2) is 12.2 Å². The zero-order valence-corrected chi connectivity index (χ0v) is 8.62. The molecule has 0 amide bonds. The van der Waals surface area contributed by atoms with E-state index in [0.717, 1.165) is 25.7 Å². The number of carboxylic acids is 1. The quantitative estimate of drug-likeness (QED) is 0.487. The predicted molar refractivity (Wildman–Crippen MR) is 54.7 cm³/mol. The fourth-order valence-corrected chi connectivity index (χ4v) is 1.28. The largest absolute Gasteiger partial charge is 0.481 e. The lowest BCUT2D eigenvalue weighted by molar-refractivity contribution is -0.141. The average Bonchev–Trinajstić information content (AvgIpc) is 2.10. The van der Waals surface area contributed by atoms with Gasteiger partial charge in [0.25, 0.3) is 0 Å². The minimum absolute atomic E-state index is 0.178. The molecule has 0 aliphatic heterocycles. The van der Waals surface area contributed by atoms with E-state index < -0.39 is 5.97 Å². The summed E-state index contributed by atoms with van der Waals surface area (Å²) in [6.07, 6.45) is 8.66. The third-order valence-electron chi connectivity index (χ3n) is 2.16. The molecule has 0 aromatic carbocycles. The fraction of sp³-hybridized carbons (Fsp3) is 0.727. The summed E-state index contributed by atoms with van der Waals surface area (Å²) in [7, 11) is 0. The predicted octanol–water partition coefficient (Wildman–Crippen LogP) is 3.23. The molecule has 13 heavy (non-hydrogen) atoms. The van der Waals surface area contributed by atoms with Crippen molar-refractivity contribution >= 4 is 5.97 Å². The van der Waals surface area contributed by atoms with Gasteiger partial charge >= 0.3 is 5.97 Å². The van der Waals surface area contributed by atoms with Crippen molar-refractivity contribution in [2.45, 2.75) is 46.0 Å². The Morgan fingerprint density at radius 2 is 2.15 bits per heavy atom. The van der Waals surface area contributed by atoms with Gasteiger partial charge < -0.3 is 5.11 Å². The van der Waals surface area contributed by atoms with Gasteiger partial charge in [0.15, 0.2) is 0 Å². The van der Waals surface area contributed by atoms with E-state index in [-0.39, 0.29) is 5.92 Å².